The minimum absolute atomic E-state index is 0.268. The minimum atomic E-state index is -3.67. The third-order valence-corrected chi connectivity index (χ3v) is 6.63. The third-order valence-electron chi connectivity index (χ3n) is 3.88. The predicted octanol–water partition coefficient (Wildman–Crippen LogP) is 3.96. The highest BCUT2D eigenvalue weighted by molar-refractivity contribution is 7.92. The molecule has 2 rings (SSSR count). The van der Waals surface area contributed by atoms with Gasteiger partial charge in [-0.05, 0) is 30.2 Å². The molecule has 0 aromatic heterocycles. The summed E-state index contributed by atoms with van der Waals surface area (Å²) >= 11 is 11.8. The van der Waals surface area contributed by atoms with Gasteiger partial charge in [0.15, 0.2) is 9.84 Å². The second-order valence-electron chi connectivity index (χ2n) is 5.88. The van der Waals surface area contributed by atoms with Crippen LogP contribution in [0.1, 0.15) is 18.1 Å². The molecule has 0 aliphatic heterocycles. The van der Waals surface area contributed by atoms with Crippen molar-refractivity contribution < 1.29 is 13.2 Å². The summed E-state index contributed by atoms with van der Waals surface area (Å²) in [7, 11) is -2.07. The molecule has 0 saturated heterocycles. The van der Waals surface area contributed by atoms with E-state index < -0.39 is 21.0 Å². The van der Waals surface area contributed by atoms with Gasteiger partial charge in [0.1, 0.15) is 5.25 Å². The van der Waals surface area contributed by atoms with Crippen molar-refractivity contribution in [1.82, 2.24) is 4.90 Å². The van der Waals surface area contributed by atoms with Gasteiger partial charge in [0.25, 0.3) is 0 Å². The number of rotatable bonds is 6. The van der Waals surface area contributed by atoms with Gasteiger partial charge in [-0.1, -0.05) is 59.6 Å². The summed E-state index contributed by atoms with van der Waals surface area (Å²) in [6.07, 6.45) is 0. The maximum absolute atomic E-state index is 12.6. The van der Waals surface area contributed by atoms with Crippen LogP contribution in [0.25, 0.3) is 0 Å². The quantitative estimate of drug-likeness (QED) is 0.738. The molecule has 0 radical (unpaired) electrons. The van der Waals surface area contributed by atoms with E-state index >= 15 is 0 Å². The van der Waals surface area contributed by atoms with Crippen LogP contribution in [0, 0.1) is 0 Å². The Morgan fingerprint density at radius 1 is 1.04 bits per heavy atom. The molecule has 0 spiro atoms. The van der Waals surface area contributed by atoms with Gasteiger partial charge in [-0.2, -0.15) is 0 Å². The number of amides is 1. The van der Waals surface area contributed by atoms with Gasteiger partial charge in [-0.15, -0.1) is 0 Å². The van der Waals surface area contributed by atoms with Crippen LogP contribution in [0.5, 0.6) is 0 Å². The molecular formula is C18H19Cl2NO3S. The number of carbonyl (C=O) groups excluding carboxylic acids is 1. The summed E-state index contributed by atoms with van der Waals surface area (Å²) in [6, 6.07) is 14.1. The Bertz CT molecular complexity index is 854. The molecule has 0 N–H and O–H groups in total. The first-order valence-corrected chi connectivity index (χ1v) is 10.1. The van der Waals surface area contributed by atoms with Crippen LogP contribution >= 0.6 is 23.2 Å². The van der Waals surface area contributed by atoms with E-state index in [1.165, 1.54) is 17.9 Å². The molecule has 0 bridgehead atoms. The van der Waals surface area contributed by atoms with Gasteiger partial charge in [-0.25, -0.2) is 8.42 Å². The van der Waals surface area contributed by atoms with Crippen LogP contribution in [0.2, 0.25) is 10.0 Å². The standard InChI is InChI=1S/C18H19Cl2NO3S/c1-13(18(22)21(2)11-14-6-4-3-5-7-14)25(23,24)12-15-8-9-16(19)17(20)10-15/h3-10,13H,11-12H2,1-2H3/t13-/m0/s1. The lowest BCUT2D eigenvalue weighted by molar-refractivity contribution is -0.129. The average molecular weight is 400 g/mol. The summed E-state index contributed by atoms with van der Waals surface area (Å²) in [5.74, 6) is -0.709. The van der Waals surface area contributed by atoms with E-state index in [1.807, 2.05) is 30.3 Å². The summed E-state index contributed by atoms with van der Waals surface area (Å²) in [5, 5.41) is -0.500. The molecule has 4 nitrogen and oxygen atoms in total. The molecule has 0 unspecified atom stereocenters. The van der Waals surface area contributed by atoms with Gasteiger partial charge in [0, 0.05) is 13.6 Å². The van der Waals surface area contributed by atoms with Gasteiger partial charge in [0.2, 0.25) is 5.91 Å². The number of halogens is 2. The Labute approximate surface area is 158 Å². The first-order chi connectivity index (χ1) is 11.7. The lowest BCUT2D eigenvalue weighted by Crippen LogP contribution is -2.39. The zero-order valence-electron chi connectivity index (χ0n) is 13.9. The second-order valence-corrected chi connectivity index (χ2v) is 9.01. The van der Waals surface area contributed by atoms with Gasteiger partial charge in [-0.3, -0.25) is 4.79 Å². The Kier molecular flexibility index (Phi) is 6.49. The molecule has 0 heterocycles. The number of sulfone groups is 1. The molecule has 0 aliphatic carbocycles. The Balaban J connectivity index is 2.09. The van der Waals surface area contributed by atoms with Gasteiger partial charge in [0.05, 0.1) is 15.8 Å². The Hall–Kier alpha value is -1.56. The van der Waals surface area contributed by atoms with E-state index in [4.69, 9.17) is 23.2 Å². The number of nitrogens with zero attached hydrogens (tertiary/aromatic N) is 1. The van der Waals surface area contributed by atoms with Crippen molar-refractivity contribution in [2.24, 2.45) is 0 Å². The van der Waals surface area contributed by atoms with E-state index in [2.05, 4.69) is 0 Å². The summed E-state index contributed by atoms with van der Waals surface area (Å²) in [5.41, 5.74) is 1.44. The molecule has 134 valence electrons. The van der Waals surface area contributed by atoms with E-state index in [0.717, 1.165) is 5.56 Å². The molecule has 2 aromatic rings. The summed E-state index contributed by atoms with van der Waals surface area (Å²) in [6.45, 7) is 1.77. The van der Waals surface area contributed by atoms with Crippen molar-refractivity contribution in [3.05, 3.63) is 69.7 Å². The van der Waals surface area contributed by atoms with Crippen molar-refractivity contribution >= 4 is 38.9 Å². The van der Waals surface area contributed by atoms with Crippen LogP contribution in [0.4, 0.5) is 0 Å². The highest BCUT2D eigenvalue weighted by Crippen LogP contribution is 2.24. The lowest BCUT2D eigenvalue weighted by atomic mass is 10.2. The maximum atomic E-state index is 12.6. The maximum Gasteiger partial charge on any atom is 0.240 e. The summed E-state index contributed by atoms with van der Waals surface area (Å²) in [4.78, 5) is 13.9. The smallest absolute Gasteiger partial charge is 0.240 e. The molecule has 0 saturated carbocycles. The highest BCUT2D eigenvalue weighted by atomic mass is 35.5. The first-order valence-electron chi connectivity index (χ1n) is 7.65. The van der Waals surface area contributed by atoms with Crippen LogP contribution in [0.15, 0.2) is 48.5 Å². The molecular weight excluding hydrogens is 381 g/mol. The fourth-order valence-corrected chi connectivity index (χ4v) is 4.09. The summed E-state index contributed by atoms with van der Waals surface area (Å²) < 4.78 is 25.1. The lowest BCUT2D eigenvalue weighted by Gasteiger charge is -2.21. The van der Waals surface area contributed by atoms with E-state index in [9.17, 15) is 13.2 Å². The van der Waals surface area contributed by atoms with Crippen molar-refractivity contribution in [2.75, 3.05) is 7.05 Å². The van der Waals surface area contributed by atoms with Crippen LogP contribution in [-0.4, -0.2) is 31.5 Å². The SMILES string of the molecule is C[C@@H](C(=O)N(C)Cc1ccccc1)S(=O)(=O)Cc1ccc(Cl)c(Cl)c1. The van der Waals surface area contributed by atoms with Crippen molar-refractivity contribution in [1.29, 1.82) is 0 Å². The molecule has 2 aromatic carbocycles. The van der Waals surface area contributed by atoms with Crippen molar-refractivity contribution in [3.63, 3.8) is 0 Å². The predicted molar refractivity (Wildman–Crippen MR) is 101 cm³/mol. The average Bonchev–Trinajstić information content (AvgIpc) is 2.57. The van der Waals surface area contributed by atoms with E-state index in [-0.39, 0.29) is 10.8 Å². The van der Waals surface area contributed by atoms with Crippen LogP contribution < -0.4 is 0 Å². The van der Waals surface area contributed by atoms with Crippen LogP contribution in [0.3, 0.4) is 0 Å². The molecule has 7 heteroatoms. The Morgan fingerprint density at radius 2 is 1.68 bits per heavy atom. The van der Waals surface area contributed by atoms with Crippen LogP contribution in [-0.2, 0) is 26.9 Å². The highest BCUT2D eigenvalue weighted by Gasteiger charge is 2.30. The molecule has 25 heavy (non-hydrogen) atoms. The molecule has 0 fully saturated rings. The number of hydrogen-bond donors (Lipinski definition) is 0. The fraction of sp³-hybridized carbons (Fsp3) is 0.278. The molecule has 0 aliphatic rings. The number of hydrogen-bond acceptors (Lipinski definition) is 3. The van der Waals surface area contributed by atoms with Crippen molar-refractivity contribution in [3.8, 4) is 0 Å². The van der Waals surface area contributed by atoms with Gasteiger partial charge < -0.3 is 4.90 Å². The normalized spacial score (nSPS) is 12.6. The Morgan fingerprint density at radius 3 is 2.28 bits per heavy atom. The molecule has 1 atom stereocenters. The largest absolute Gasteiger partial charge is 0.340 e. The van der Waals surface area contributed by atoms with Crippen molar-refractivity contribution in [2.45, 2.75) is 24.5 Å². The molecule has 1 amide bonds. The minimum Gasteiger partial charge on any atom is -0.340 e. The zero-order chi connectivity index (χ0) is 18.6. The third kappa shape index (κ3) is 5.21. The van der Waals surface area contributed by atoms with E-state index in [1.54, 1.807) is 19.2 Å². The number of benzene rings is 2. The second kappa shape index (κ2) is 8.21. The zero-order valence-corrected chi connectivity index (χ0v) is 16.3. The fourth-order valence-electron chi connectivity index (χ4n) is 2.39. The number of carbonyl (C=O) groups is 1. The van der Waals surface area contributed by atoms with E-state index in [0.29, 0.717) is 17.1 Å². The van der Waals surface area contributed by atoms with Gasteiger partial charge >= 0.3 is 0 Å². The topological polar surface area (TPSA) is 54.5 Å². The monoisotopic (exact) mass is 399 g/mol. The first kappa shape index (κ1) is 19.8.